The van der Waals surface area contributed by atoms with Gasteiger partial charge in [-0.1, -0.05) is 24.3 Å². The van der Waals surface area contributed by atoms with E-state index in [1.807, 2.05) is 18.2 Å². The summed E-state index contributed by atoms with van der Waals surface area (Å²) in [5.41, 5.74) is 8.66. The van der Waals surface area contributed by atoms with Gasteiger partial charge in [-0.2, -0.15) is 0 Å². The highest BCUT2D eigenvalue weighted by molar-refractivity contribution is 7.98. The Morgan fingerprint density at radius 3 is 2.67 bits per heavy atom. The fraction of sp³-hybridized carbons (Fsp3) is 0.143. The number of rotatable bonds is 4. The van der Waals surface area contributed by atoms with Crippen molar-refractivity contribution in [1.82, 2.24) is 4.98 Å². The molecule has 1 aromatic heterocycles. The predicted molar refractivity (Wildman–Crippen MR) is 76.0 cm³/mol. The molecule has 0 aliphatic heterocycles. The van der Waals surface area contributed by atoms with Crippen molar-refractivity contribution >= 4 is 17.6 Å². The van der Waals surface area contributed by atoms with Crippen LogP contribution >= 0.6 is 11.8 Å². The molecule has 0 amide bonds. The Morgan fingerprint density at radius 1 is 1.28 bits per heavy atom. The molecule has 1 heterocycles. The Kier molecular flexibility index (Phi) is 3.99. The topological polar surface area (TPSA) is 62.8 Å². The second-order valence-corrected chi connectivity index (χ2v) is 5.01. The van der Waals surface area contributed by atoms with Crippen LogP contribution in [0.2, 0.25) is 0 Å². The third-order valence-electron chi connectivity index (χ3n) is 2.68. The Morgan fingerprint density at radius 2 is 2.06 bits per heavy atom. The van der Waals surface area contributed by atoms with Gasteiger partial charge in [0.15, 0.2) is 0 Å². The van der Waals surface area contributed by atoms with Crippen LogP contribution in [0.5, 0.6) is 0 Å². The standard InChI is InChI=1S/C14H15N3S/c1-10-4-2-3-5-12(10)9-18-13-7-6-11(8-17-13)14(15)16/h2-8H,9H2,1H3,(H3,15,16). The lowest BCUT2D eigenvalue weighted by Crippen LogP contribution is -2.11. The molecule has 0 unspecified atom stereocenters. The molecule has 92 valence electrons. The van der Waals surface area contributed by atoms with Crippen molar-refractivity contribution in [3.8, 4) is 0 Å². The van der Waals surface area contributed by atoms with Crippen LogP contribution in [0.15, 0.2) is 47.6 Å². The molecular formula is C14H15N3S. The predicted octanol–water partition coefficient (Wildman–Crippen LogP) is 2.97. The Labute approximate surface area is 111 Å². The Balaban J connectivity index is 2.02. The molecular weight excluding hydrogens is 242 g/mol. The molecule has 3 N–H and O–H groups in total. The summed E-state index contributed by atoms with van der Waals surface area (Å²) in [6, 6.07) is 12.1. The number of aryl methyl sites for hydroxylation is 1. The number of hydrogen-bond acceptors (Lipinski definition) is 3. The molecule has 0 aliphatic rings. The summed E-state index contributed by atoms with van der Waals surface area (Å²) in [6.45, 7) is 2.11. The highest BCUT2D eigenvalue weighted by Crippen LogP contribution is 2.22. The molecule has 4 heteroatoms. The fourth-order valence-corrected chi connectivity index (χ4v) is 2.47. The number of nitrogens with one attached hydrogen (secondary N) is 1. The lowest BCUT2D eigenvalue weighted by molar-refractivity contribution is 1.12. The van der Waals surface area contributed by atoms with Crippen molar-refractivity contribution in [2.75, 3.05) is 0 Å². The minimum absolute atomic E-state index is 0.0537. The smallest absolute Gasteiger partial charge is 0.124 e. The number of nitrogens with zero attached hydrogens (tertiary/aromatic N) is 1. The van der Waals surface area contributed by atoms with E-state index in [-0.39, 0.29) is 5.84 Å². The normalized spacial score (nSPS) is 10.3. The summed E-state index contributed by atoms with van der Waals surface area (Å²) in [7, 11) is 0. The van der Waals surface area contributed by atoms with Gasteiger partial charge in [-0.3, -0.25) is 5.41 Å². The van der Waals surface area contributed by atoms with Crippen LogP contribution in [0, 0.1) is 12.3 Å². The van der Waals surface area contributed by atoms with Crippen LogP contribution in [0.4, 0.5) is 0 Å². The first kappa shape index (κ1) is 12.6. The van der Waals surface area contributed by atoms with Gasteiger partial charge in [-0.05, 0) is 30.2 Å². The SMILES string of the molecule is Cc1ccccc1CSc1ccc(C(=N)N)cn1. The third kappa shape index (κ3) is 3.11. The van der Waals surface area contributed by atoms with Crippen LogP contribution < -0.4 is 5.73 Å². The lowest BCUT2D eigenvalue weighted by Gasteiger charge is -2.05. The van der Waals surface area contributed by atoms with Crippen molar-refractivity contribution in [1.29, 1.82) is 5.41 Å². The number of benzene rings is 1. The summed E-state index contributed by atoms with van der Waals surface area (Å²) in [6.07, 6.45) is 1.64. The number of nitrogen functional groups attached to an aromatic ring is 1. The molecule has 0 radical (unpaired) electrons. The van der Waals surface area contributed by atoms with E-state index in [1.54, 1.807) is 18.0 Å². The van der Waals surface area contributed by atoms with Gasteiger partial charge in [-0.25, -0.2) is 4.98 Å². The first-order valence-electron chi connectivity index (χ1n) is 5.64. The highest BCUT2D eigenvalue weighted by atomic mass is 32.2. The van der Waals surface area contributed by atoms with Crippen LogP contribution in [0.1, 0.15) is 16.7 Å². The maximum absolute atomic E-state index is 7.30. The van der Waals surface area contributed by atoms with E-state index in [9.17, 15) is 0 Å². The summed E-state index contributed by atoms with van der Waals surface area (Å²) in [5.74, 6) is 0.956. The van der Waals surface area contributed by atoms with Crippen molar-refractivity contribution in [2.24, 2.45) is 5.73 Å². The Hall–Kier alpha value is -1.81. The molecule has 18 heavy (non-hydrogen) atoms. The van der Waals surface area contributed by atoms with Gasteiger partial charge in [0.25, 0.3) is 0 Å². The number of aromatic nitrogens is 1. The third-order valence-corrected chi connectivity index (χ3v) is 3.68. The number of amidine groups is 1. The van der Waals surface area contributed by atoms with E-state index >= 15 is 0 Å². The van der Waals surface area contributed by atoms with Crippen LogP contribution in [-0.4, -0.2) is 10.8 Å². The fourth-order valence-electron chi connectivity index (χ4n) is 1.55. The summed E-state index contributed by atoms with van der Waals surface area (Å²) >= 11 is 1.69. The molecule has 2 aromatic rings. The highest BCUT2D eigenvalue weighted by Gasteiger charge is 2.01. The van der Waals surface area contributed by atoms with Gasteiger partial charge in [0.1, 0.15) is 5.84 Å². The van der Waals surface area contributed by atoms with Crippen LogP contribution in [-0.2, 0) is 5.75 Å². The maximum Gasteiger partial charge on any atom is 0.124 e. The summed E-state index contributed by atoms with van der Waals surface area (Å²) in [4.78, 5) is 4.29. The molecule has 0 aliphatic carbocycles. The van der Waals surface area contributed by atoms with Crippen LogP contribution in [0.25, 0.3) is 0 Å². The second kappa shape index (κ2) is 5.69. The minimum Gasteiger partial charge on any atom is -0.384 e. The summed E-state index contributed by atoms with van der Waals surface area (Å²) < 4.78 is 0. The first-order chi connectivity index (χ1) is 8.66. The average Bonchev–Trinajstić information content (AvgIpc) is 2.38. The second-order valence-electron chi connectivity index (χ2n) is 4.01. The van der Waals surface area contributed by atoms with Crippen molar-refractivity contribution in [3.63, 3.8) is 0 Å². The minimum atomic E-state index is 0.0537. The van der Waals surface area contributed by atoms with Crippen molar-refractivity contribution < 1.29 is 0 Å². The number of hydrogen-bond donors (Lipinski definition) is 2. The zero-order chi connectivity index (χ0) is 13.0. The maximum atomic E-state index is 7.30. The molecule has 1 aromatic carbocycles. The first-order valence-corrected chi connectivity index (χ1v) is 6.63. The number of pyridine rings is 1. The largest absolute Gasteiger partial charge is 0.384 e. The van der Waals surface area contributed by atoms with E-state index in [2.05, 4.69) is 30.1 Å². The molecule has 0 fully saturated rings. The van der Waals surface area contributed by atoms with Crippen molar-refractivity contribution in [2.45, 2.75) is 17.7 Å². The monoisotopic (exact) mass is 257 g/mol. The van der Waals surface area contributed by atoms with Crippen molar-refractivity contribution in [3.05, 3.63) is 59.3 Å². The van der Waals surface area contributed by atoms with Gasteiger partial charge in [0.05, 0.1) is 5.03 Å². The van der Waals surface area contributed by atoms with Gasteiger partial charge in [0.2, 0.25) is 0 Å². The molecule has 0 atom stereocenters. The van der Waals surface area contributed by atoms with E-state index in [0.29, 0.717) is 5.56 Å². The molecule has 0 spiro atoms. The Bertz CT molecular complexity index is 549. The van der Waals surface area contributed by atoms with E-state index in [0.717, 1.165) is 10.8 Å². The average molecular weight is 257 g/mol. The molecule has 2 rings (SSSR count). The molecule has 0 bridgehead atoms. The van der Waals surface area contributed by atoms with Gasteiger partial charge >= 0.3 is 0 Å². The zero-order valence-corrected chi connectivity index (χ0v) is 11.0. The van der Waals surface area contributed by atoms with Gasteiger partial charge in [0, 0.05) is 17.5 Å². The molecule has 0 saturated heterocycles. The lowest BCUT2D eigenvalue weighted by atomic mass is 10.1. The number of nitrogens with two attached hydrogens (primary N) is 1. The molecule has 0 saturated carbocycles. The molecule has 3 nitrogen and oxygen atoms in total. The van der Waals surface area contributed by atoms with Gasteiger partial charge in [-0.15, -0.1) is 11.8 Å². The number of thioether (sulfide) groups is 1. The van der Waals surface area contributed by atoms with E-state index < -0.39 is 0 Å². The van der Waals surface area contributed by atoms with E-state index in [1.165, 1.54) is 11.1 Å². The van der Waals surface area contributed by atoms with E-state index in [4.69, 9.17) is 11.1 Å². The zero-order valence-electron chi connectivity index (χ0n) is 10.2. The summed E-state index contributed by atoms with van der Waals surface area (Å²) in [5, 5.41) is 8.25. The van der Waals surface area contributed by atoms with Gasteiger partial charge < -0.3 is 5.73 Å². The quantitative estimate of drug-likeness (QED) is 0.503. The van der Waals surface area contributed by atoms with Crippen LogP contribution in [0.3, 0.4) is 0 Å².